The fourth-order valence-corrected chi connectivity index (χ4v) is 2.32. The van der Waals surface area contributed by atoms with Crippen LogP contribution in [0.2, 0.25) is 0 Å². The highest BCUT2D eigenvalue weighted by atomic mass is 79.9. The van der Waals surface area contributed by atoms with Gasteiger partial charge in [0.25, 0.3) is 0 Å². The van der Waals surface area contributed by atoms with Crippen molar-refractivity contribution in [3.8, 4) is 6.07 Å². The summed E-state index contributed by atoms with van der Waals surface area (Å²) in [5.41, 5.74) is 2.62. The summed E-state index contributed by atoms with van der Waals surface area (Å²) in [4.78, 5) is 0. The number of hydrogen-bond acceptors (Lipinski definition) is 2. The summed E-state index contributed by atoms with van der Waals surface area (Å²) in [5.74, 6) is -0.254. The van der Waals surface area contributed by atoms with Crippen LogP contribution in [0.25, 0.3) is 0 Å². The van der Waals surface area contributed by atoms with Gasteiger partial charge in [-0.3, -0.25) is 0 Å². The first-order valence-electron chi connectivity index (χ1n) is 6.28. The van der Waals surface area contributed by atoms with E-state index in [0.717, 1.165) is 11.1 Å². The van der Waals surface area contributed by atoms with Gasteiger partial charge in [-0.05, 0) is 52.2 Å². The zero-order valence-corrected chi connectivity index (χ0v) is 12.6. The molecular weight excluding hydrogens is 319 g/mol. The van der Waals surface area contributed by atoms with Crippen LogP contribution < -0.4 is 5.32 Å². The average molecular weight is 333 g/mol. The molecule has 20 heavy (non-hydrogen) atoms. The highest BCUT2D eigenvalue weighted by Crippen LogP contribution is 2.21. The summed E-state index contributed by atoms with van der Waals surface area (Å²) in [5, 5.41) is 12.1. The highest BCUT2D eigenvalue weighted by molar-refractivity contribution is 9.10. The predicted octanol–water partition coefficient (Wildman–Crippen LogP) is 4.31. The van der Waals surface area contributed by atoms with Crippen molar-refractivity contribution < 1.29 is 4.39 Å². The van der Waals surface area contributed by atoms with E-state index in [4.69, 9.17) is 5.26 Å². The van der Waals surface area contributed by atoms with Gasteiger partial charge in [0.05, 0.1) is 16.1 Å². The Balaban J connectivity index is 2.03. The summed E-state index contributed by atoms with van der Waals surface area (Å²) in [6.45, 7) is 2.61. The van der Waals surface area contributed by atoms with E-state index in [9.17, 15) is 4.39 Å². The minimum Gasteiger partial charge on any atom is -0.306 e. The summed E-state index contributed by atoms with van der Waals surface area (Å²) in [7, 11) is 0. The van der Waals surface area contributed by atoms with Crippen LogP contribution in [0.1, 0.15) is 29.7 Å². The Bertz CT molecular complexity index is 632. The second-order valence-electron chi connectivity index (χ2n) is 4.55. The molecule has 0 spiro atoms. The lowest BCUT2D eigenvalue weighted by Gasteiger charge is -2.15. The number of hydrogen-bond donors (Lipinski definition) is 1. The molecule has 1 unspecified atom stereocenters. The highest BCUT2D eigenvalue weighted by Gasteiger charge is 2.08. The SMILES string of the molecule is CC(NCc1cccc(F)c1Br)c1ccc(C#N)cc1. The van der Waals surface area contributed by atoms with Crippen molar-refractivity contribution in [2.75, 3.05) is 0 Å². The van der Waals surface area contributed by atoms with Gasteiger partial charge in [0.1, 0.15) is 5.82 Å². The molecule has 1 N–H and O–H groups in total. The molecule has 2 nitrogen and oxygen atoms in total. The normalized spacial score (nSPS) is 11.9. The van der Waals surface area contributed by atoms with Gasteiger partial charge >= 0.3 is 0 Å². The van der Waals surface area contributed by atoms with Gasteiger partial charge in [-0.2, -0.15) is 5.26 Å². The van der Waals surface area contributed by atoms with E-state index < -0.39 is 0 Å². The van der Waals surface area contributed by atoms with E-state index in [1.165, 1.54) is 6.07 Å². The monoisotopic (exact) mass is 332 g/mol. The van der Waals surface area contributed by atoms with Crippen LogP contribution in [0.4, 0.5) is 4.39 Å². The molecule has 0 aromatic heterocycles. The first-order chi connectivity index (χ1) is 9.61. The van der Waals surface area contributed by atoms with E-state index in [-0.39, 0.29) is 11.9 Å². The third-order valence-electron chi connectivity index (χ3n) is 3.17. The molecule has 0 saturated carbocycles. The molecule has 1 atom stereocenters. The van der Waals surface area contributed by atoms with Crippen LogP contribution in [0, 0.1) is 17.1 Å². The van der Waals surface area contributed by atoms with Crippen molar-refractivity contribution in [3.63, 3.8) is 0 Å². The fourth-order valence-electron chi connectivity index (χ4n) is 1.91. The number of rotatable bonds is 4. The zero-order valence-electron chi connectivity index (χ0n) is 11.0. The molecule has 0 bridgehead atoms. The molecular formula is C16H14BrFN2. The fraction of sp³-hybridized carbons (Fsp3) is 0.188. The number of nitriles is 1. The van der Waals surface area contributed by atoms with Gasteiger partial charge in [0.15, 0.2) is 0 Å². The van der Waals surface area contributed by atoms with Crippen LogP contribution in [-0.2, 0) is 6.54 Å². The van der Waals surface area contributed by atoms with Crippen molar-refractivity contribution in [2.24, 2.45) is 0 Å². The maximum atomic E-state index is 13.4. The zero-order chi connectivity index (χ0) is 14.5. The van der Waals surface area contributed by atoms with Crippen LogP contribution >= 0.6 is 15.9 Å². The molecule has 102 valence electrons. The van der Waals surface area contributed by atoms with E-state index in [1.54, 1.807) is 18.2 Å². The van der Waals surface area contributed by atoms with E-state index in [2.05, 4.69) is 27.3 Å². The van der Waals surface area contributed by atoms with Crippen molar-refractivity contribution in [3.05, 3.63) is 69.4 Å². The lowest BCUT2D eigenvalue weighted by atomic mass is 10.1. The maximum absolute atomic E-state index is 13.4. The third kappa shape index (κ3) is 3.44. The molecule has 0 fully saturated rings. The van der Waals surface area contributed by atoms with Crippen molar-refractivity contribution in [1.29, 1.82) is 5.26 Å². The summed E-state index contributed by atoms with van der Waals surface area (Å²) >= 11 is 3.25. The minimum absolute atomic E-state index is 0.123. The number of nitrogens with zero attached hydrogens (tertiary/aromatic N) is 1. The first kappa shape index (κ1) is 14.7. The van der Waals surface area contributed by atoms with Crippen molar-refractivity contribution in [2.45, 2.75) is 19.5 Å². The van der Waals surface area contributed by atoms with Crippen LogP contribution in [0.15, 0.2) is 46.9 Å². The predicted molar refractivity (Wildman–Crippen MR) is 80.5 cm³/mol. The second kappa shape index (κ2) is 6.65. The topological polar surface area (TPSA) is 35.8 Å². The van der Waals surface area contributed by atoms with E-state index in [1.807, 2.05) is 25.1 Å². The Kier molecular flexibility index (Phi) is 4.89. The van der Waals surface area contributed by atoms with Gasteiger partial charge in [0.2, 0.25) is 0 Å². The van der Waals surface area contributed by atoms with Crippen molar-refractivity contribution >= 4 is 15.9 Å². The molecule has 2 rings (SSSR count). The van der Waals surface area contributed by atoms with Crippen molar-refractivity contribution in [1.82, 2.24) is 5.32 Å². The summed E-state index contributed by atoms with van der Waals surface area (Å²) in [6, 6.07) is 14.7. The van der Waals surface area contributed by atoms with Crippen LogP contribution in [0.5, 0.6) is 0 Å². The molecule has 0 aliphatic rings. The van der Waals surface area contributed by atoms with Gasteiger partial charge < -0.3 is 5.32 Å². The molecule has 4 heteroatoms. The Labute approximate surface area is 126 Å². The Hall–Kier alpha value is -1.70. The lowest BCUT2D eigenvalue weighted by molar-refractivity contribution is 0.566. The average Bonchev–Trinajstić information content (AvgIpc) is 2.48. The number of benzene rings is 2. The van der Waals surface area contributed by atoms with Gasteiger partial charge in [0, 0.05) is 12.6 Å². The number of nitrogens with one attached hydrogen (secondary N) is 1. The van der Waals surface area contributed by atoms with Gasteiger partial charge in [-0.25, -0.2) is 4.39 Å². The molecule has 0 aliphatic carbocycles. The standard InChI is InChI=1S/C16H14BrFN2/c1-11(13-7-5-12(9-19)6-8-13)20-10-14-3-2-4-15(18)16(14)17/h2-8,11,20H,10H2,1H3. The quantitative estimate of drug-likeness (QED) is 0.905. The smallest absolute Gasteiger partial charge is 0.137 e. The first-order valence-corrected chi connectivity index (χ1v) is 7.07. The molecule has 0 heterocycles. The molecule has 2 aromatic carbocycles. The Morgan fingerprint density at radius 1 is 1.25 bits per heavy atom. The van der Waals surface area contributed by atoms with Crippen LogP contribution in [0.3, 0.4) is 0 Å². The molecule has 0 saturated heterocycles. The maximum Gasteiger partial charge on any atom is 0.137 e. The second-order valence-corrected chi connectivity index (χ2v) is 5.34. The largest absolute Gasteiger partial charge is 0.306 e. The van der Waals surface area contributed by atoms with E-state index in [0.29, 0.717) is 16.6 Å². The van der Waals surface area contributed by atoms with Crippen LogP contribution in [-0.4, -0.2) is 0 Å². The van der Waals surface area contributed by atoms with Gasteiger partial charge in [-0.1, -0.05) is 24.3 Å². The Morgan fingerprint density at radius 2 is 1.95 bits per heavy atom. The summed E-state index contributed by atoms with van der Waals surface area (Å²) in [6.07, 6.45) is 0. The summed E-state index contributed by atoms with van der Waals surface area (Å²) < 4.78 is 13.9. The molecule has 0 aliphatic heterocycles. The third-order valence-corrected chi connectivity index (χ3v) is 4.06. The molecule has 0 amide bonds. The minimum atomic E-state index is -0.254. The van der Waals surface area contributed by atoms with Gasteiger partial charge in [-0.15, -0.1) is 0 Å². The Morgan fingerprint density at radius 3 is 2.60 bits per heavy atom. The number of halogens is 2. The van der Waals surface area contributed by atoms with E-state index >= 15 is 0 Å². The lowest BCUT2D eigenvalue weighted by Crippen LogP contribution is -2.18. The molecule has 2 aromatic rings. The molecule has 0 radical (unpaired) electrons.